The van der Waals surface area contributed by atoms with Crippen LogP contribution in [0, 0.1) is 11.6 Å². The third-order valence-electron chi connectivity index (χ3n) is 2.49. The van der Waals surface area contributed by atoms with Crippen molar-refractivity contribution >= 4 is 38.9 Å². The summed E-state index contributed by atoms with van der Waals surface area (Å²) in [5, 5.41) is 8.02. The van der Waals surface area contributed by atoms with Crippen LogP contribution in [-0.2, 0) is 10.0 Å². The number of rotatable bonds is 3. The molecule has 0 heterocycles. The van der Waals surface area contributed by atoms with Crippen LogP contribution in [0.5, 0.6) is 5.75 Å². The maximum atomic E-state index is 13.5. The van der Waals surface area contributed by atoms with Gasteiger partial charge in [-0.3, -0.25) is 4.72 Å². The molecule has 2 aromatic rings. The minimum absolute atomic E-state index is 0.338. The fraction of sp³-hybridized carbons (Fsp3) is 0. The van der Waals surface area contributed by atoms with Crippen molar-refractivity contribution in [2.45, 2.75) is 4.90 Å². The van der Waals surface area contributed by atoms with Gasteiger partial charge in [-0.2, -0.15) is 0 Å². The van der Waals surface area contributed by atoms with Crippen LogP contribution in [0.1, 0.15) is 0 Å². The molecule has 0 bridgehead atoms. The second-order valence-corrected chi connectivity index (χ2v) is 6.38. The van der Waals surface area contributed by atoms with Crippen LogP contribution in [0.15, 0.2) is 35.2 Å². The predicted molar refractivity (Wildman–Crippen MR) is 75.3 cm³/mol. The van der Waals surface area contributed by atoms with Crippen molar-refractivity contribution in [2.24, 2.45) is 0 Å². The van der Waals surface area contributed by atoms with E-state index < -0.39 is 37.3 Å². The number of aromatic hydroxyl groups is 1. The van der Waals surface area contributed by atoms with Crippen LogP contribution in [0.4, 0.5) is 14.5 Å². The zero-order chi connectivity index (χ0) is 15.8. The topological polar surface area (TPSA) is 66.4 Å². The summed E-state index contributed by atoms with van der Waals surface area (Å²) in [7, 11) is -4.32. The van der Waals surface area contributed by atoms with E-state index in [2.05, 4.69) is 0 Å². The van der Waals surface area contributed by atoms with E-state index in [1.807, 2.05) is 4.72 Å². The van der Waals surface area contributed by atoms with Crippen molar-refractivity contribution in [3.05, 3.63) is 52.0 Å². The van der Waals surface area contributed by atoms with Gasteiger partial charge in [0.1, 0.15) is 10.6 Å². The third kappa shape index (κ3) is 3.20. The van der Waals surface area contributed by atoms with E-state index in [1.165, 1.54) is 0 Å². The van der Waals surface area contributed by atoms with E-state index in [4.69, 9.17) is 28.3 Å². The Labute approximate surface area is 129 Å². The SMILES string of the molecule is O=S(=O)(Nc1ccc(O)cc1F)c1ccc(Cl)c(F)c1Cl. The van der Waals surface area contributed by atoms with Gasteiger partial charge in [-0.15, -0.1) is 0 Å². The first-order valence-electron chi connectivity index (χ1n) is 5.37. The maximum absolute atomic E-state index is 13.5. The third-order valence-corrected chi connectivity index (χ3v) is 4.67. The summed E-state index contributed by atoms with van der Waals surface area (Å²) in [4.78, 5) is -0.585. The molecule has 2 aromatic carbocycles. The van der Waals surface area contributed by atoms with Gasteiger partial charge in [0.2, 0.25) is 0 Å². The molecule has 0 aliphatic rings. The minimum atomic E-state index is -4.32. The molecule has 0 saturated heterocycles. The minimum Gasteiger partial charge on any atom is -0.508 e. The van der Waals surface area contributed by atoms with Crippen molar-refractivity contribution in [2.75, 3.05) is 4.72 Å². The summed E-state index contributed by atoms with van der Waals surface area (Å²) in [5.41, 5.74) is -0.417. The van der Waals surface area contributed by atoms with E-state index in [-0.39, 0.29) is 10.8 Å². The second-order valence-electron chi connectivity index (χ2n) is 3.94. The molecule has 0 aliphatic carbocycles. The fourth-order valence-electron chi connectivity index (χ4n) is 1.50. The number of benzene rings is 2. The summed E-state index contributed by atoms with van der Waals surface area (Å²) >= 11 is 11.1. The molecule has 0 unspecified atom stereocenters. The Kier molecular flexibility index (Phi) is 4.27. The molecule has 9 heteroatoms. The van der Waals surface area contributed by atoms with Crippen molar-refractivity contribution in [1.82, 2.24) is 0 Å². The van der Waals surface area contributed by atoms with Gasteiger partial charge < -0.3 is 5.11 Å². The number of nitrogens with one attached hydrogen (secondary N) is 1. The smallest absolute Gasteiger partial charge is 0.263 e. The highest BCUT2D eigenvalue weighted by Crippen LogP contribution is 2.31. The molecule has 2 rings (SSSR count). The zero-order valence-corrected chi connectivity index (χ0v) is 12.4. The quantitative estimate of drug-likeness (QED) is 0.651. The van der Waals surface area contributed by atoms with Crippen molar-refractivity contribution in [3.8, 4) is 5.75 Å². The zero-order valence-electron chi connectivity index (χ0n) is 10.1. The van der Waals surface area contributed by atoms with Crippen molar-refractivity contribution in [3.63, 3.8) is 0 Å². The highest BCUT2D eigenvalue weighted by atomic mass is 35.5. The van der Waals surface area contributed by atoms with Gasteiger partial charge in [0.25, 0.3) is 10.0 Å². The first-order chi connectivity index (χ1) is 9.72. The summed E-state index contributed by atoms with van der Waals surface area (Å²) in [6.45, 7) is 0. The lowest BCUT2D eigenvalue weighted by atomic mass is 10.3. The number of sulfonamides is 1. The molecule has 2 N–H and O–H groups in total. The molecule has 112 valence electrons. The average Bonchev–Trinajstić information content (AvgIpc) is 2.39. The van der Waals surface area contributed by atoms with E-state index in [0.29, 0.717) is 0 Å². The molecular weight excluding hydrogens is 347 g/mol. The van der Waals surface area contributed by atoms with Crippen LogP contribution in [-0.4, -0.2) is 13.5 Å². The lowest BCUT2D eigenvalue weighted by Gasteiger charge is -2.11. The molecular formula is C12H7Cl2F2NO3S. The Morgan fingerprint density at radius 3 is 2.38 bits per heavy atom. The van der Waals surface area contributed by atoms with Crippen LogP contribution in [0.25, 0.3) is 0 Å². The van der Waals surface area contributed by atoms with Gasteiger partial charge in [0.05, 0.1) is 15.7 Å². The number of halogens is 4. The summed E-state index contributed by atoms with van der Waals surface area (Å²) < 4.78 is 53.1. The van der Waals surface area contributed by atoms with Crippen LogP contribution in [0.2, 0.25) is 10.0 Å². The molecule has 0 spiro atoms. The summed E-state index contributed by atoms with van der Waals surface area (Å²) in [5.74, 6) is -2.46. The van der Waals surface area contributed by atoms with Crippen molar-refractivity contribution in [1.29, 1.82) is 0 Å². The predicted octanol–water partition coefficient (Wildman–Crippen LogP) is 3.78. The maximum Gasteiger partial charge on any atom is 0.263 e. The summed E-state index contributed by atoms with van der Waals surface area (Å²) in [6.07, 6.45) is 0. The molecule has 0 fully saturated rings. The molecule has 0 radical (unpaired) electrons. The molecule has 0 aromatic heterocycles. The van der Waals surface area contributed by atoms with Crippen molar-refractivity contribution < 1.29 is 22.3 Å². The molecule has 0 aliphatic heterocycles. The lowest BCUT2D eigenvalue weighted by molar-refractivity contribution is 0.469. The van der Waals surface area contributed by atoms with E-state index in [0.717, 1.165) is 30.3 Å². The van der Waals surface area contributed by atoms with E-state index >= 15 is 0 Å². The number of phenols is 1. The normalized spacial score (nSPS) is 11.4. The largest absolute Gasteiger partial charge is 0.508 e. The van der Waals surface area contributed by atoms with E-state index in [1.54, 1.807) is 0 Å². The molecule has 0 amide bonds. The monoisotopic (exact) mass is 353 g/mol. The highest BCUT2D eigenvalue weighted by Gasteiger charge is 2.23. The Bertz CT molecular complexity index is 812. The standard InChI is InChI=1S/C12H7Cl2F2NO3S/c13-7-2-4-10(11(14)12(7)16)21(19,20)17-9-3-1-6(18)5-8(9)15/h1-5,17-18H. The summed E-state index contributed by atoms with van der Waals surface area (Å²) in [6, 6.07) is 4.84. The molecule has 4 nitrogen and oxygen atoms in total. The fourth-order valence-corrected chi connectivity index (χ4v) is 3.32. The number of hydrogen-bond donors (Lipinski definition) is 2. The Hall–Kier alpha value is -1.57. The van der Waals surface area contributed by atoms with Crippen LogP contribution < -0.4 is 4.72 Å². The van der Waals surface area contributed by atoms with Gasteiger partial charge in [0, 0.05) is 6.07 Å². The average molecular weight is 354 g/mol. The van der Waals surface area contributed by atoms with Gasteiger partial charge in [-0.25, -0.2) is 17.2 Å². The van der Waals surface area contributed by atoms with Gasteiger partial charge >= 0.3 is 0 Å². The van der Waals surface area contributed by atoms with Crippen LogP contribution >= 0.6 is 23.2 Å². The molecule has 21 heavy (non-hydrogen) atoms. The first-order valence-corrected chi connectivity index (χ1v) is 7.61. The molecule has 0 atom stereocenters. The number of anilines is 1. The Morgan fingerprint density at radius 2 is 1.76 bits per heavy atom. The lowest BCUT2D eigenvalue weighted by Crippen LogP contribution is -2.15. The number of hydrogen-bond acceptors (Lipinski definition) is 3. The Balaban J connectivity index is 2.46. The van der Waals surface area contributed by atoms with Crippen LogP contribution in [0.3, 0.4) is 0 Å². The Morgan fingerprint density at radius 1 is 1.10 bits per heavy atom. The number of phenolic OH excluding ortho intramolecular Hbond substituents is 1. The second kappa shape index (κ2) is 5.67. The van der Waals surface area contributed by atoms with Gasteiger partial charge in [-0.1, -0.05) is 23.2 Å². The van der Waals surface area contributed by atoms with Gasteiger partial charge in [-0.05, 0) is 24.3 Å². The van der Waals surface area contributed by atoms with E-state index in [9.17, 15) is 17.2 Å². The molecule has 0 saturated carbocycles. The highest BCUT2D eigenvalue weighted by molar-refractivity contribution is 7.92. The van der Waals surface area contributed by atoms with Gasteiger partial charge in [0.15, 0.2) is 11.6 Å². The first kappa shape index (κ1) is 15.8.